The highest BCUT2D eigenvalue weighted by molar-refractivity contribution is 7.90. The first-order chi connectivity index (χ1) is 7.81. The zero-order valence-corrected chi connectivity index (χ0v) is 11.7. The van der Waals surface area contributed by atoms with Crippen molar-refractivity contribution >= 4 is 15.7 Å². The van der Waals surface area contributed by atoms with Gasteiger partial charge in [-0.15, -0.1) is 0 Å². The highest BCUT2D eigenvalue weighted by Crippen LogP contribution is 2.22. The van der Waals surface area contributed by atoms with Crippen LogP contribution in [0.2, 0.25) is 0 Å². The average molecular weight is 257 g/mol. The predicted molar refractivity (Wildman–Crippen MR) is 69.0 cm³/mol. The van der Waals surface area contributed by atoms with Crippen molar-refractivity contribution in [2.24, 2.45) is 0 Å². The molecule has 0 saturated heterocycles. The molecular formula is C11H19N3O2S. The van der Waals surface area contributed by atoms with Crippen molar-refractivity contribution in [2.45, 2.75) is 32.4 Å². The van der Waals surface area contributed by atoms with Gasteiger partial charge in [0.1, 0.15) is 16.9 Å². The average Bonchev–Trinajstić information content (AvgIpc) is 2.27. The van der Waals surface area contributed by atoms with Gasteiger partial charge in [0.25, 0.3) is 0 Å². The number of hydrogen-bond donors (Lipinski definition) is 1. The van der Waals surface area contributed by atoms with Gasteiger partial charge in [0.15, 0.2) is 9.84 Å². The summed E-state index contributed by atoms with van der Waals surface area (Å²) in [5.41, 5.74) is 1.86. The van der Waals surface area contributed by atoms with Crippen LogP contribution in [0.25, 0.3) is 0 Å². The molecule has 0 spiro atoms. The Hall–Kier alpha value is -1.17. The molecule has 0 aliphatic carbocycles. The summed E-state index contributed by atoms with van der Waals surface area (Å²) < 4.78 is 23.0. The molecule has 0 saturated carbocycles. The van der Waals surface area contributed by atoms with E-state index in [0.29, 0.717) is 11.6 Å². The third-order valence-corrected chi connectivity index (χ3v) is 4.34. The summed E-state index contributed by atoms with van der Waals surface area (Å²) in [7, 11) is -1.40. The van der Waals surface area contributed by atoms with E-state index < -0.39 is 15.1 Å². The van der Waals surface area contributed by atoms with Gasteiger partial charge in [0.2, 0.25) is 0 Å². The Bertz CT molecular complexity index is 486. The first-order valence-electron chi connectivity index (χ1n) is 5.55. The fourth-order valence-corrected chi connectivity index (χ4v) is 2.03. The van der Waals surface area contributed by atoms with Gasteiger partial charge in [-0.2, -0.15) is 0 Å². The van der Waals surface area contributed by atoms with Gasteiger partial charge >= 0.3 is 0 Å². The van der Waals surface area contributed by atoms with Gasteiger partial charge in [-0.25, -0.2) is 18.4 Å². The van der Waals surface area contributed by atoms with Crippen LogP contribution < -0.4 is 5.32 Å². The number of aryl methyl sites for hydroxylation is 1. The minimum atomic E-state index is -3.17. The van der Waals surface area contributed by atoms with Gasteiger partial charge in [-0.3, -0.25) is 0 Å². The molecule has 1 rings (SSSR count). The Balaban J connectivity index is 3.36. The fraction of sp³-hybridized carbons (Fsp3) is 0.636. The van der Waals surface area contributed by atoms with Crippen molar-refractivity contribution in [3.8, 4) is 0 Å². The standard InChI is InChI=1S/C11H19N3O2S/c1-6-9-7(2)10(12-4)14-11(13-9)8(3)17(5,15)16/h8H,6H2,1-5H3,(H,12,13,14). The van der Waals surface area contributed by atoms with E-state index in [2.05, 4.69) is 15.3 Å². The van der Waals surface area contributed by atoms with Crippen molar-refractivity contribution in [3.63, 3.8) is 0 Å². The van der Waals surface area contributed by atoms with Crippen LogP contribution in [0.5, 0.6) is 0 Å². The van der Waals surface area contributed by atoms with Crippen LogP contribution in [0.4, 0.5) is 5.82 Å². The molecule has 0 radical (unpaired) electrons. The molecule has 1 aromatic rings. The molecule has 1 aromatic heterocycles. The van der Waals surface area contributed by atoms with Gasteiger partial charge in [-0.05, 0) is 20.3 Å². The van der Waals surface area contributed by atoms with Gasteiger partial charge in [0.05, 0.1) is 0 Å². The second kappa shape index (κ2) is 5.00. The van der Waals surface area contributed by atoms with Crippen LogP contribution >= 0.6 is 0 Å². The molecule has 17 heavy (non-hydrogen) atoms. The van der Waals surface area contributed by atoms with E-state index in [9.17, 15) is 8.42 Å². The molecular weight excluding hydrogens is 238 g/mol. The Morgan fingerprint density at radius 2 is 1.94 bits per heavy atom. The third-order valence-electron chi connectivity index (χ3n) is 2.84. The van der Waals surface area contributed by atoms with E-state index in [1.54, 1.807) is 14.0 Å². The molecule has 0 amide bonds. The maximum absolute atomic E-state index is 11.5. The Morgan fingerprint density at radius 1 is 1.35 bits per heavy atom. The first-order valence-corrected chi connectivity index (χ1v) is 7.50. The second-order valence-corrected chi connectivity index (χ2v) is 6.44. The summed E-state index contributed by atoms with van der Waals surface area (Å²) >= 11 is 0. The molecule has 0 aromatic carbocycles. The minimum absolute atomic E-state index is 0.360. The number of hydrogen-bond acceptors (Lipinski definition) is 5. The number of sulfone groups is 1. The minimum Gasteiger partial charge on any atom is -0.373 e. The number of nitrogens with one attached hydrogen (secondary N) is 1. The summed E-state index contributed by atoms with van der Waals surface area (Å²) in [6.45, 7) is 5.53. The Kier molecular flexibility index (Phi) is 4.08. The van der Waals surface area contributed by atoms with E-state index in [-0.39, 0.29) is 0 Å². The predicted octanol–water partition coefficient (Wildman–Crippen LogP) is 1.49. The summed E-state index contributed by atoms with van der Waals surface area (Å²) in [5, 5.41) is 2.29. The van der Waals surface area contributed by atoms with Crippen LogP contribution in [-0.2, 0) is 16.3 Å². The molecule has 6 heteroatoms. The van der Waals surface area contributed by atoms with E-state index in [1.807, 2.05) is 13.8 Å². The lowest BCUT2D eigenvalue weighted by Gasteiger charge is -2.14. The van der Waals surface area contributed by atoms with Crippen LogP contribution in [-0.4, -0.2) is 31.7 Å². The number of aromatic nitrogens is 2. The van der Waals surface area contributed by atoms with E-state index >= 15 is 0 Å². The third kappa shape index (κ3) is 2.94. The van der Waals surface area contributed by atoms with Gasteiger partial charge in [0, 0.05) is 24.6 Å². The fourth-order valence-electron chi connectivity index (χ4n) is 1.54. The normalized spacial score (nSPS) is 13.5. The Morgan fingerprint density at radius 3 is 2.35 bits per heavy atom. The lowest BCUT2D eigenvalue weighted by molar-refractivity contribution is 0.588. The molecule has 0 aliphatic heterocycles. The van der Waals surface area contributed by atoms with Crippen LogP contribution in [0, 0.1) is 6.92 Å². The van der Waals surface area contributed by atoms with Crippen molar-refractivity contribution in [2.75, 3.05) is 18.6 Å². The summed E-state index contributed by atoms with van der Waals surface area (Å²) in [4.78, 5) is 8.60. The maximum Gasteiger partial charge on any atom is 0.157 e. The zero-order chi connectivity index (χ0) is 13.2. The van der Waals surface area contributed by atoms with Crippen molar-refractivity contribution in [3.05, 3.63) is 17.1 Å². The number of anilines is 1. The molecule has 96 valence electrons. The van der Waals surface area contributed by atoms with Gasteiger partial charge in [-0.1, -0.05) is 6.92 Å². The van der Waals surface area contributed by atoms with Crippen molar-refractivity contribution in [1.29, 1.82) is 0 Å². The summed E-state index contributed by atoms with van der Waals surface area (Å²) in [6, 6.07) is 0. The van der Waals surface area contributed by atoms with Crippen molar-refractivity contribution in [1.82, 2.24) is 9.97 Å². The van der Waals surface area contributed by atoms with Gasteiger partial charge < -0.3 is 5.32 Å². The highest BCUT2D eigenvalue weighted by atomic mass is 32.2. The monoisotopic (exact) mass is 257 g/mol. The van der Waals surface area contributed by atoms with E-state index in [1.165, 1.54) is 6.26 Å². The second-order valence-electron chi connectivity index (χ2n) is 4.08. The SMILES string of the molecule is CCc1nc(C(C)S(C)(=O)=O)nc(NC)c1C. The largest absolute Gasteiger partial charge is 0.373 e. The quantitative estimate of drug-likeness (QED) is 0.885. The highest BCUT2D eigenvalue weighted by Gasteiger charge is 2.22. The molecule has 0 fully saturated rings. The lowest BCUT2D eigenvalue weighted by atomic mass is 10.2. The molecule has 1 atom stereocenters. The molecule has 1 N–H and O–H groups in total. The maximum atomic E-state index is 11.5. The molecule has 5 nitrogen and oxygen atoms in total. The number of rotatable bonds is 4. The zero-order valence-electron chi connectivity index (χ0n) is 10.9. The first kappa shape index (κ1) is 13.9. The summed E-state index contributed by atoms with van der Waals surface area (Å²) in [6.07, 6.45) is 1.96. The molecule has 1 unspecified atom stereocenters. The Labute approximate surface area is 103 Å². The van der Waals surface area contributed by atoms with Crippen molar-refractivity contribution < 1.29 is 8.42 Å². The van der Waals surface area contributed by atoms with E-state index in [4.69, 9.17) is 0 Å². The topological polar surface area (TPSA) is 72.0 Å². The van der Waals surface area contributed by atoms with Crippen LogP contribution in [0.3, 0.4) is 0 Å². The molecule has 0 aliphatic rings. The number of nitrogens with zero attached hydrogens (tertiary/aromatic N) is 2. The molecule has 0 bridgehead atoms. The molecule has 1 heterocycles. The van der Waals surface area contributed by atoms with Crippen LogP contribution in [0.1, 0.15) is 36.2 Å². The smallest absolute Gasteiger partial charge is 0.157 e. The van der Waals surface area contributed by atoms with E-state index in [0.717, 1.165) is 17.7 Å². The summed E-state index contributed by atoms with van der Waals surface area (Å²) in [5.74, 6) is 1.06. The van der Waals surface area contributed by atoms with Crippen LogP contribution in [0.15, 0.2) is 0 Å². The lowest BCUT2D eigenvalue weighted by Crippen LogP contribution is -2.15.